The maximum Gasteiger partial charge on any atom is 0.310 e. The average Bonchev–Trinajstić information content (AvgIpc) is 2.55. The number of rotatable bonds is 13. The van der Waals surface area contributed by atoms with Gasteiger partial charge in [0.05, 0.1) is 30.8 Å². The molecule has 0 aliphatic carbocycles. The smallest absolute Gasteiger partial charge is 0.310 e. The quantitative estimate of drug-likeness (QED) is 0.321. The Morgan fingerprint density at radius 2 is 1.68 bits per heavy atom. The number of nitrogens with one attached hydrogen (secondary N) is 1. The Labute approximate surface area is 151 Å². The summed E-state index contributed by atoms with van der Waals surface area (Å²) in [5, 5.41) is 20.7. The first-order chi connectivity index (χ1) is 11.7. The van der Waals surface area contributed by atoms with E-state index in [0.29, 0.717) is 18.1 Å². The van der Waals surface area contributed by atoms with Crippen LogP contribution in [0.25, 0.3) is 0 Å². The largest absolute Gasteiger partial charge is 0.481 e. The van der Waals surface area contributed by atoms with Crippen LogP contribution >= 0.6 is 11.8 Å². The number of hydrogen-bond donors (Lipinski definition) is 3. The van der Waals surface area contributed by atoms with Gasteiger partial charge in [-0.2, -0.15) is 11.8 Å². The van der Waals surface area contributed by atoms with Crippen molar-refractivity contribution in [2.45, 2.75) is 27.2 Å². The number of esters is 1. The van der Waals surface area contributed by atoms with Crippen molar-refractivity contribution in [1.82, 2.24) is 5.32 Å². The van der Waals surface area contributed by atoms with Gasteiger partial charge in [-0.25, -0.2) is 0 Å². The molecule has 0 bridgehead atoms. The third-order valence-corrected chi connectivity index (χ3v) is 4.42. The molecule has 0 aromatic rings. The Kier molecular flexibility index (Phi) is 11.7. The van der Waals surface area contributed by atoms with Crippen LogP contribution in [0.4, 0.5) is 0 Å². The number of carboxylic acid groups (broad SMARTS) is 2. The zero-order chi connectivity index (χ0) is 19.4. The summed E-state index contributed by atoms with van der Waals surface area (Å²) in [4.78, 5) is 45.6. The van der Waals surface area contributed by atoms with Crippen LogP contribution in [0.15, 0.2) is 0 Å². The molecule has 8 nitrogen and oxygen atoms in total. The van der Waals surface area contributed by atoms with E-state index in [1.54, 1.807) is 0 Å². The van der Waals surface area contributed by atoms with Gasteiger partial charge in [0.2, 0.25) is 5.91 Å². The van der Waals surface area contributed by atoms with Gasteiger partial charge >= 0.3 is 17.9 Å². The number of thioether (sulfide) groups is 1. The number of aliphatic carboxylic acids is 2. The Bertz CT molecular complexity index is 449. The Morgan fingerprint density at radius 3 is 2.16 bits per heavy atom. The van der Waals surface area contributed by atoms with Crippen LogP contribution in [0.3, 0.4) is 0 Å². The molecule has 143 valence electrons. The Morgan fingerprint density at radius 1 is 1.12 bits per heavy atom. The number of carbonyl (C=O) groups excluding carboxylic acids is 2. The highest BCUT2D eigenvalue weighted by molar-refractivity contribution is 7.99. The number of carbonyl (C=O) groups is 4. The molecule has 0 spiro atoms. The van der Waals surface area contributed by atoms with Crippen LogP contribution in [0.2, 0.25) is 0 Å². The van der Waals surface area contributed by atoms with Gasteiger partial charge < -0.3 is 20.3 Å². The first-order valence-corrected chi connectivity index (χ1v) is 9.18. The topological polar surface area (TPSA) is 130 Å². The van der Waals surface area contributed by atoms with E-state index in [1.165, 1.54) is 32.0 Å². The van der Waals surface area contributed by atoms with Crippen molar-refractivity contribution in [2.24, 2.45) is 17.8 Å². The lowest BCUT2D eigenvalue weighted by molar-refractivity contribution is -0.153. The summed E-state index contributed by atoms with van der Waals surface area (Å²) in [5.74, 6) is -5.87. The van der Waals surface area contributed by atoms with E-state index in [4.69, 9.17) is 14.9 Å². The minimum atomic E-state index is -1.22. The minimum absolute atomic E-state index is 0.247. The molecule has 2 atom stereocenters. The van der Waals surface area contributed by atoms with E-state index in [-0.39, 0.29) is 12.5 Å². The van der Waals surface area contributed by atoms with E-state index in [2.05, 4.69) is 5.32 Å². The monoisotopic (exact) mass is 376 g/mol. The van der Waals surface area contributed by atoms with Gasteiger partial charge in [-0.15, -0.1) is 0 Å². The van der Waals surface area contributed by atoms with E-state index in [0.717, 1.165) is 6.42 Å². The molecule has 0 saturated heterocycles. The van der Waals surface area contributed by atoms with Gasteiger partial charge in [-0.05, 0) is 6.42 Å². The summed E-state index contributed by atoms with van der Waals surface area (Å²) in [6.07, 6.45) is 2.16. The van der Waals surface area contributed by atoms with Crippen LogP contribution in [-0.4, -0.2) is 58.7 Å². The molecule has 0 heterocycles. The van der Waals surface area contributed by atoms with Crippen LogP contribution < -0.4 is 5.32 Å². The SMILES string of the molecule is CCCOC(=O)[CH]CSCCNC(=O)C(C(C)C(=O)O)C(C)C(=O)O. The van der Waals surface area contributed by atoms with Gasteiger partial charge in [0.1, 0.15) is 0 Å². The molecular formula is C16H26NO7S. The summed E-state index contributed by atoms with van der Waals surface area (Å²) < 4.78 is 4.88. The molecule has 2 unspecified atom stereocenters. The van der Waals surface area contributed by atoms with E-state index in [9.17, 15) is 19.2 Å². The number of carboxylic acids is 2. The fourth-order valence-corrected chi connectivity index (χ4v) is 2.70. The third-order valence-electron chi connectivity index (χ3n) is 3.52. The maximum absolute atomic E-state index is 12.2. The highest BCUT2D eigenvalue weighted by atomic mass is 32.2. The van der Waals surface area contributed by atoms with Crippen LogP contribution in [0.1, 0.15) is 27.2 Å². The summed E-state index contributed by atoms with van der Waals surface area (Å²) in [6, 6.07) is 0. The van der Waals surface area contributed by atoms with E-state index < -0.39 is 35.6 Å². The lowest BCUT2D eigenvalue weighted by Gasteiger charge is -2.23. The average molecular weight is 376 g/mol. The second-order valence-corrected chi connectivity index (χ2v) is 6.67. The van der Waals surface area contributed by atoms with Crippen LogP contribution in [0.5, 0.6) is 0 Å². The lowest BCUT2D eigenvalue weighted by Crippen LogP contribution is -2.43. The zero-order valence-electron chi connectivity index (χ0n) is 14.7. The molecular weight excluding hydrogens is 350 g/mol. The van der Waals surface area contributed by atoms with Gasteiger partial charge in [0.15, 0.2) is 0 Å². The Balaban J connectivity index is 4.25. The fraction of sp³-hybridized carbons (Fsp3) is 0.688. The summed E-state index contributed by atoms with van der Waals surface area (Å²) in [7, 11) is 0. The molecule has 0 aliphatic rings. The van der Waals surface area contributed by atoms with Crippen molar-refractivity contribution in [3.63, 3.8) is 0 Å². The summed E-state index contributed by atoms with van der Waals surface area (Å²) in [6.45, 7) is 5.15. The zero-order valence-corrected chi connectivity index (χ0v) is 15.5. The van der Waals surface area contributed by atoms with Gasteiger partial charge in [0, 0.05) is 18.1 Å². The summed E-state index contributed by atoms with van der Waals surface area (Å²) in [5.41, 5.74) is 0. The van der Waals surface area contributed by atoms with Crippen molar-refractivity contribution in [3.8, 4) is 0 Å². The maximum atomic E-state index is 12.2. The highest BCUT2D eigenvalue weighted by Gasteiger charge is 2.37. The van der Waals surface area contributed by atoms with Gasteiger partial charge in [0.25, 0.3) is 0 Å². The first kappa shape index (κ1) is 23.2. The number of amides is 1. The third kappa shape index (κ3) is 9.33. The molecule has 0 rings (SSSR count). The van der Waals surface area contributed by atoms with Crippen LogP contribution in [0, 0.1) is 24.2 Å². The molecule has 1 radical (unpaired) electrons. The van der Waals surface area contributed by atoms with Crippen LogP contribution in [-0.2, 0) is 23.9 Å². The predicted octanol–water partition coefficient (Wildman–Crippen LogP) is 1.05. The standard InChI is InChI=1S/C16H26NO7S/c1-4-7-24-12(18)5-8-25-9-6-17-14(19)13(10(2)15(20)21)11(3)16(22)23/h5,10-11,13H,4,6-9H2,1-3H3,(H,17,19)(H,20,21)(H,22,23). The number of ether oxygens (including phenoxy) is 1. The second kappa shape index (κ2) is 12.6. The normalized spacial score (nSPS) is 14.2. The van der Waals surface area contributed by atoms with Crippen molar-refractivity contribution in [2.75, 3.05) is 24.7 Å². The van der Waals surface area contributed by atoms with E-state index in [1.807, 2.05) is 6.92 Å². The van der Waals surface area contributed by atoms with Crippen molar-refractivity contribution in [1.29, 1.82) is 0 Å². The molecule has 0 saturated carbocycles. The van der Waals surface area contributed by atoms with Crippen molar-refractivity contribution in [3.05, 3.63) is 6.42 Å². The molecule has 3 N–H and O–H groups in total. The molecule has 0 aromatic heterocycles. The molecule has 0 aromatic carbocycles. The van der Waals surface area contributed by atoms with Crippen molar-refractivity contribution >= 4 is 35.6 Å². The Hall–Kier alpha value is -1.77. The first-order valence-electron chi connectivity index (χ1n) is 8.03. The molecule has 0 fully saturated rings. The summed E-state index contributed by atoms with van der Waals surface area (Å²) >= 11 is 1.39. The van der Waals surface area contributed by atoms with E-state index >= 15 is 0 Å². The number of hydrogen-bond acceptors (Lipinski definition) is 6. The molecule has 25 heavy (non-hydrogen) atoms. The minimum Gasteiger partial charge on any atom is -0.481 e. The van der Waals surface area contributed by atoms with Gasteiger partial charge in [-0.3, -0.25) is 19.2 Å². The highest BCUT2D eigenvalue weighted by Crippen LogP contribution is 2.22. The molecule has 9 heteroatoms. The second-order valence-electron chi connectivity index (χ2n) is 5.52. The van der Waals surface area contributed by atoms with Gasteiger partial charge in [-0.1, -0.05) is 20.8 Å². The predicted molar refractivity (Wildman–Crippen MR) is 93.0 cm³/mol. The lowest BCUT2D eigenvalue weighted by atomic mass is 9.82. The van der Waals surface area contributed by atoms with Crippen molar-refractivity contribution < 1.29 is 34.1 Å². The molecule has 1 amide bonds. The fourth-order valence-electron chi connectivity index (χ4n) is 2.03. The molecule has 0 aliphatic heterocycles.